The predicted octanol–water partition coefficient (Wildman–Crippen LogP) is 8.72. The third kappa shape index (κ3) is 4.96. The molecule has 4 rings (SSSR count). The third-order valence-electron chi connectivity index (χ3n) is 6.56. The summed E-state index contributed by atoms with van der Waals surface area (Å²) in [6.07, 6.45) is 27.8. The number of nitrogens with zero attached hydrogens (tertiary/aromatic N) is 1. The fourth-order valence-electron chi connectivity index (χ4n) is 4.88. The summed E-state index contributed by atoms with van der Waals surface area (Å²) >= 11 is 0. The van der Waals surface area contributed by atoms with E-state index in [1.54, 1.807) is 0 Å². The zero-order valence-corrected chi connectivity index (χ0v) is 19.7. The molecule has 166 valence electrons. The maximum absolute atomic E-state index is 6.08. The number of terminal acetylenes is 1. The third-order valence-corrected chi connectivity index (χ3v) is 6.56. The van der Waals surface area contributed by atoms with Crippen LogP contribution in [0.4, 0.5) is 0 Å². The predicted molar refractivity (Wildman–Crippen MR) is 144 cm³/mol. The van der Waals surface area contributed by atoms with E-state index >= 15 is 0 Å². The van der Waals surface area contributed by atoms with Crippen LogP contribution in [0.25, 0.3) is 21.8 Å². The van der Waals surface area contributed by atoms with Crippen molar-refractivity contribution in [2.45, 2.75) is 45.6 Å². The first kappa shape index (κ1) is 22.7. The molecule has 0 saturated carbocycles. The van der Waals surface area contributed by atoms with E-state index in [4.69, 9.17) is 6.42 Å². The van der Waals surface area contributed by atoms with Gasteiger partial charge in [0.15, 0.2) is 0 Å². The lowest BCUT2D eigenvalue weighted by Gasteiger charge is -2.26. The van der Waals surface area contributed by atoms with Crippen LogP contribution in [-0.4, -0.2) is 4.57 Å². The van der Waals surface area contributed by atoms with Crippen molar-refractivity contribution in [3.05, 3.63) is 108 Å². The summed E-state index contributed by atoms with van der Waals surface area (Å²) in [6.45, 7) is 4.32. The minimum atomic E-state index is 0.132. The standard InChI is InChI=1S/C32H33N/c1-4-7-9-18-27(6-3)32(24-25(5-2)23-26-16-10-8-11-17-26)33-30-21-14-12-19-28(30)29-20-13-15-22-31(29)33/h2,4,7-10,12-16,18-22,24,27,32H,6,11,17,23H2,1,3H3/b7-4-,18-9-,25-24+. The van der Waals surface area contributed by atoms with E-state index in [0.29, 0.717) is 5.92 Å². The van der Waals surface area contributed by atoms with Crippen molar-refractivity contribution in [2.75, 3.05) is 0 Å². The van der Waals surface area contributed by atoms with Gasteiger partial charge < -0.3 is 4.57 Å². The van der Waals surface area contributed by atoms with E-state index in [2.05, 4.69) is 121 Å². The first-order chi connectivity index (χ1) is 16.3. The van der Waals surface area contributed by atoms with Gasteiger partial charge in [-0.15, -0.1) is 6.42 Å². The van der Waals surface area contributed by atoms with Crippen molar-refractivity contribution in [1.82, 2.24) is 4.57 Å². The lowest BCUT2D eigenvalue weighted by molar-refractivity contribution is 0.464. The highest BCUT2D eigenvalue weighted by molar-refractivity contribution is 6.08. The van der Waals surface area contributed by atoms with E-state index in [-0.39, 0.29) is 6.04 Å². The molecule has 0 fully saturated rings. The molecule has 2 aromatic carbocycles. The Balaban J connectivity index is 1.90. The Morgan fingerprint density at radius 2 is 1.76 bits per heavy atom. The molecule has 0 radical (unpaired) electrons. The molecule has 0 spiro atoms. The van der Waals surface area contributed by atoms with Crippen molar-refractivity contribution in [3.8, 4) is 12.3 Å². The Morgan fingerprint density at radius 3 is 2.33 bits per heavy atom. The fraction of sp³-hybridized carbons (Fsp3) is 0.250. The second-order valence-corrected chi connectivity index (χ2v) is 8.68. The molecule has 0 bridgehead atoms. The van der Waals surface area contributed by atoms with Crippen molar-refractivity contribution < 1.29 is 0 Å². The number of benzene rings is 2. The van der Waals surface area contributed by atoms with Gasteiger partial charge in [-0.3, -0.25) is 0 Å². The minimum absolute atomic E-state index is 0.132. The Labute approximate surface area is 198 Å². The van der Waals surface area contributed by atoms with Gasteiger partial charge >= 0.3 is 0 Å². The fourth-order valence-corrected chi connectivity index (χ4v) is 4.88. The molecule has 1 aliphatic rings. The summed E-state index contributed by atoms with van der Waals surface area (Å²) in [7, 11) is 0. The van der Waals surface area contributed by atoms with Gasteiger partial charge in [0.1, 0.15) is 0 Å². The van der Waals surface area contributed by atoms with Gasteiger partial charge in [0.25, 0.3) is 0 Å². The summed E-state index contributed by atoms with van der Waals surface area (Å²) in [5.41, 5.74) is 5.00. The maximum Gasteiger partial charge on any atom is 0.0597 e. The highest BCUT2D eigenvalue weighted by Gasteiger charge is 2.23. The van der Waals surface area contributed by atoms with Gasteiger partial charge in [-0.2, -0.15) is 0 Å². The molecule has 0 aliphatic heterocycles. The van der Waals surface area contributed by atoms with Crippen molar-refractivity contribution in [1.29, 1.82) is 0 Å². The Morgan fingerprint density at radius 1 is 1.06 bits per heavy atom. The number of fused-ring (bicyclic) bond motifs is 3. The molecule has 1 heteroatoms. The molecular weight excluding hydrogens is 398 g/mol. The van der Waals surface area contributed by atoms with Crippen LogP contribution in [0.1, 0.15) is 45.6 Å². The van der Waals surface area contributed by atoms with E-state index in [1.807, 2.05) is 0 Å². The lowest BCUT2D eigenvalue weighted by atomic mass is 9.91. The molecule has 0 amide bonds. The number of hydrogen-bond acceptors (Lipinski definition) is 0. The van der Waals surface area contributed by atoms with Gasteiger partial charge in [0.05, 0.1) is 6.04 Å². The number of aromatic nitrogens is 1. The van der Waals surface area contributed by atoms with Crippen LogP contribution in [-0.2, 0) is 0 Å². The van der Waals surface area contributed by atoms with E-state index < -0.39 is 0 Å². The van der Waals surface area contributed by atoms with Gasteiger partial charge in [0.2, 0.25) is 0 Å². The zero-order chi connectivity index (χ0) is 23.0. The number of allylic oxidation sites excluding steroid dienone is 10. The van der Waals surface area contributed by atoms with Crippen LogP contribution in [0.5, 0.6) is 0 Å². The monoisotopic (exact) mass is 431 g/mol. The highest BCUT2D eigenvalue weighted by atomic mass is 15.0. The Bertz CT molecular complexity index is 1250. The van der Waals surface area contributed by atoms with Gasteiger partial charge in [-0.05, 0) is 44.4 Å². The van der Waals surface area contributed by atoms with Crippen LogP contribution >= 0.6 is 0 Å². The van der Waals surface area contributed by atoms with Crippen LogP contribution in [0.2, 0.25) is 0 Å². The molecule has 1 aliphatic carbocycles. The zero-order valence-electron chi connectivity index (χ0n) is 19.7. The maximum atomic E-state index is 6.08. The van der Waals surface area contributed by atoms with E-state index in [9.17, 15) is 0 Å². The molecule has 33 heavy (non-hydrogen) atoms. The molecule has 3 aromatic rings. The highest BCUT2D eigenvalue weighted by Crippen LogP contribution is 2.37. The quantitative estimate of drug-likeness (QED) is 0.248. The lowest BCUT2D eigenvalue weighted by Crippen LogP contribution is -2.16. The van der Waals surface area contributed by atoms with E-state index in [0.717, 1.165) is 31.3 Å². The van der Waals surface area contributed by atoms with Gasteiger partial charge in [-0.25, -0.2) is 0 Å². The smallest absolute Gasteiger partial charge is 0.0597 e. The molecule has 1 aromatic heterocycles. The second kappa shape index (κ2) is 10.9. The molecule has 1 heterocycles. The van der Waals surface area contributed by atoms with Gasteiger partial charge in [0, 0.05) is 39.7 Å². The molecule has 1 nitrogen and oxygen atoms in total. The summed E-state index contributed by atoms with van der Waals surface area (Å²) in [5.74, 6) is 3.35. The first-order valence-electron chi connectivity index (χ1n) is 12.1. The number of rotatable bonds is 8. The van der Waals surface area contributed by atoms with Crippen LogP contribution in [0, 0.1) is 18.3 Å². The van der Waals surface area contributed by atoms with Crippen molar-refractivity contribution in [2.24, 2.45) is 5.92 Å². The second-order valence-electron chi connectivity index (χ2n) is 8.68. The summed E-state index contributed by atoms with van der Waals surface area (Å²) in [6, 6.07) is 17.6. The van der Waals surface area contributed by atoms with Gasteiger partial charge in [-0.1, -0.05) is 97.3 Å². The van der Waals surface area contributed by atoms with E-state index in [1.165, 1.54) is 27.4 Å². The molecule has 0 N–H and O–H groups in total. The number of hydrogen-bond donors (Lipinski definition) is 0. The Kier molecular flexibility index (Phi) is 7.48. The molecule has 0 saturated heterocycles. The SMILES string of the molecule is C#C/C(=C\C(C(/C=C\C=C/C)CC)n1c2ccccc2c2ccccc21)CC1=CC=CCC1. The topological polar surface area (TPSA) is 4.93 Å². The largest absolute Gasteiger partial charge is 0.333 e. The van der Waals surface area contributed by atoms with Crippen LogP contribution in [0.15, 0.2) is 108 Å². The first-order valence-corrected chi connectivity index (χ1v) is 12.1. The molecular formula is C32H33N. The average molecular weight is 432 g/mol. The summed E-state index contributed by atoms with van der Waals surface area (Å²) in [5, 5.41) is 2.59. The van der Waals surface area contributed by atoms with Crippen LogP contribution < -0.4 is 0 Å². The summed E-state index contributed by atoms with van der Waals surface area (Å²) in [4.78, 5) is 0. The molecule has 2 atom stereocenters. The van der Waals surface area contributed by atoms with Crippen molar-refractivity contribution >= 4 is 21.8 Å². The molecule has 2 unspecified atom stereocenters. The minimum Gasteiger partial charge on any atom is -0.333 e. The normalized spacial score (nSPS) is 16.5. The summed E-state index contributed by atoms with van der Waals surface area (Å²) < 4.78 is 2.51. The van der Waals surface area contributed by atoms with Crippen molar-refractivity contribution in [3.63, 3.8) is 0 Å². The average Bonchev–Trinajstić information content (AvgIpc) is 3.20. The number of para-hydroxylation sites is 2. The van der Waals surface area contributed by atoms with Crippen LogP contribution in [0.3, 0.4) is 0 Å². The Hall–Kier alpha value is -3.50.